The third-order valence-corrected chi connectivity index (χ3v) is 5.80. The van der Waals surface area contributed by atoms with Crippen LogP contribution in [0.1, 0.15) is 32.9 Å². The number of benzene rings is 2. The highest BCUT2D eigenvalue weighted by Crippen LogP contribution is 2.27. The standard InChI is InChI=1S/C21H23N3O3S2/c1-16-19(20(25)23-29(26)27)22-21(28-16)24(15-18-11-6-3-7-12-18)14-8-13-17-9-4-2-5-10-17/h2-7,9-12H,8,13-15H2,1H3,(H,23,25)(H,26,27). The number of hydrogen-bond acceptors (Lipinski definition) is 5. The summed E-state index contributed by atoms with van der Waals surface area (Å²) >= 11 is -0.995. The lowest BCUT2D eigenvalue weighted by Crippen LogP contribution is -2.27. The van der Waals surface area contributed by atoms with E-state index < -0.39 is 17.2 Å². The van der Waals surface area contributed by atoms with Gasteiger partial charge >= 0.3 is 0 Å². The van der Waals surface area contributed by atoms with Crippen LogP contribution in [0.25, 0.3) is 0 Å². The number of anilines is 1. The topological polar surface area (TPSA) is 82.5 Å². The molecule has 2 N–H and O–H groups in total. The van der Waals surface area contributed by atoms with Crippen LogP contribution in [0, 0.1) is 6.92 Å². The van der Waals surface area contributed by atoms with Crippen molar-refractivity contribution in [3.05, 3.63) is 82.4 Å². The molecule has 1 amide bonds. The van der Waals surface area contributed by atoms with Gasteiger partial charge in [0.1, 0.15) is 5.69 Å². The number of amides is 1. The number of aryl methyl sites for hydroxylation is 2. The Bertz CT molecular complexity index is 962. The van der Waals surface area contributed by atoms with Crippen molar-refractivity contribution in [3.8, 4) is 0 Å². The van der Waals surface area contributed by atoms with E-state index in [2.05, 4.69) is 34.1 Å². The average Bonchev–Trinajstić information content (AvgIpc) is 3.10. The van der Waals surface area contributed by atoms with Gasteiger partial charge < -0.3 is 4.90 Å². The van der Waals surface area contributed by atoms with E-state index in [1.54, 1.807) is 6.92 Å². The Morgan fingerprint density at radius 3 is 2.34 bits per heavy atom. The predicted molar refractivity (Wildman–Crippen MR) is 117 cm³/mol. The molecule has 0 aliphatic carbocycles. The van der Waals surface area contributed by atoms with Gasteiger partial charge in [-0.3, -0.25) is 9.35 Å². The number of thiazole rings is 1. The molecule has 8 heteroatoms. The van der Waals surface area contributed by atoms with E-state index in [9.17, 15) is 9.00 Å². The minimum Gasteiger partial charge on any atom is -0.344 e. The molecule has 3 aromatic rings. The third kappa shape index (κ3) is 6.22. The summed E-state index contributed by atoms with van der Waals surface area (Å²) in [5, 5.41) is 0.730. The number of nitrogens with zero attached hydrogens (tertiary/aromatic N) is 2. The van der Waals surface area contributed by atoms with Crippen LogP contribution in [-0.2, 0) is 24.2 Å². The molecule has 0 fully saturated rings. The molecule has 0 spiro atoms. The van der Waals surface area contributed by atoms with Crippen LogP contribution in [0.5, 0.6) is 0 Å². The van der Waals surface area contributed by atoms with Crippen LogP contribution in [-0.4, -0.2) is 26.2 Å². The number of carbonyl (C=O) groups is 1. The number of rotatable bonds is 9. The largest absolute Gasteiger partial charge is 0.344 e. The lowest BCUT2D eigenvalue weighted by molar-refractivity contribution is 0.0976. The third-order valence-electron chi connectivity index (χ3n) is 4.40. The predicted octanol–water partition coefficient (Wildman–Crippen LogP) is 3.96. The first kappa shape index (κ1) is 21.2. The number of nitrogens with one attached hydrogen (secondary N) is 1. The minimum absolute atomic E-state index is 0.188. The van der Waals surface area contributed by atoms with Crippen molar-refractivity contribution in [2.24, 2.45) is 0 Å². The average molecular weight is 430 g/mol. The molecule has 0 radical (unpaired) electrons. The van der Waals surface area contributed by atoms with Gasteiger partial charge in [0.25, 0.3) is 17.2 Å². The zero-order valence-corrected chi connectivity index (χ0v) is 17.7. The fraction of sp³-hybridized carbons (Fsp3) is 0.238. The zero-order chi connectivity index (χ0) is 20.6. The van der Waals surface area contributed by atoms with Crippen molar-refractivity contribution in [2.75, 3.05) is 11.4 Å². The van der Waals surface area contributed by atoms with Crippen LogP contribution in [0.15, 0.2) is 60.7 Å². The molecule has 0 bridgehead atoms. The van der Waals surface area contributed by atoms with Crippen molar-refractivity contribution in [3.63, 3.8) is 0 Å². The lowest BCUT2D eigenvalue weighted by atomic mass is 10.1. The second kappa shape index (κ2) is 10.3. The minimum atomic E-state index is -2.41. The van der Waals surface area contributed by atoms with Crippen LogP contribution in [0.3, 0.4) is 0 Å². The summed E-state index contributed by atoms with van der Waals surface area (Å²) in [5.41, 5.74) is 2.63. The van der Waals surface area contributed by atoms with Crippen molar-refractivity contribution in [1.82, 2.24) is 9.71 Å². The Balaban J connectivity index is 1.77. The van der Waals surface area contributed by atoms with Gasteiger partial charge in [-0.15, -0.1) is 11.3 Å². The van der Waals surface area contributed by atoms with Crippen molar-refractivity contribution in [2.45, 2.75) is 26.3 Å². The molecule has 1 heterocycles. The fourth-order valence-corrected chi connectivity index (χ4v) is 4.21. The van der Waals surface area contributed by atoms with Gasteiger partial charge in [-0.2, -0.15) is 0 Å². The van der Waals surface area contributed by atoms with Crippen LogP contribution in [0.2, 0.25) is 0 Å². The molecular weight excluding hydrogens is 406 g/mol. The van der Waals surface area contributed by atoms with Crippen LogP contribution in [0.4, 0.5) is 5.13 Å². The SMILES string of the molecule is Cc1sc(N(CCCc2ccccc2)Cc2ccccc2)nc1C(=O)NS(=O)O. The fourth-order valence-electron chi connectivity index (χ4n) is 3.02. The number of hydrogen-bond donors (Lipinski definition) is 2. The Morgan fingerprint density at radius 1 is 1.10 bits per heavy atom. The van der Waals surface area contributed by atoms with Gasteiger partial charge in [0.15, 0.2) is 5.13 Å². The van der Waals surface area contributed by atoms with E-state index in [1.165, 1.54) is 16.9 Å². The van der Waals surface area contributed by atoms with E-state index in [0.29, 0.717) is 11.4 Å². The summed E-state index contributed by atoms with van der Waals surface area (Å²) in [5.74, 6) is -0.644. The zero-order valence-electron chi connectivity index (χ0n) is 16.1. The molecule has 6 nitrogen and oxygen atoms in total. The highest BCUT2D eigenvalue weighted by Gasteiger charge is 2.20. The second-order valence-corrected chi connectivity index (χ2v) is 8.46. The molecular formula is C21H23N3O3S2. The smallest absolute Gasteiger partial charge is 0.284 e. The van der Waals surface area contributed by atoms with Crippen molar-refractivity contribution in [1.29, 1.82) is 0 Å². The number of carbonyl (C=O) groups excluding carboxylic acids is 1. The second-order valence-electron chi connectivity index (χ2n) is 6.58. The number of aromatic nitrogens is 1. The Morgan fingerprint density at radius 2 is 1.72 bits per heavy atom. The molecule has 1 atom stereocenters. The molecule has 3 rings (SSSR count). The van der Waals surface area contributed by atoms with Gasteiger partial charge in [-0.25, -0.2) is 13.9 Å². The van der Waals surface area contributed by atoms with Gasteiger partial charge in [0.2, 0.25) is 0 Å². The summed E-state index contributed by atoms with van der Waals surface area (Å²) in [6.45, 7) is 3.25. The summed E-state index contributed by atoms with van der Waals surface area (Å²) in [7, 11) is 0. The molecule has 2 aromatic carbocycles. The molecule has 0 saturated heterocycles. The monoisotopic (exact) mass is 429 g/mol. The molecule has 1 unspecified atom stereocenters. The highest BCUT2D eigenvalue weighted by molar-refractivity contribution is 7.77. The van der Waals surface area contributed by atoms with Crippen molar-refractivity contribution >= 4 is 33.6 Å². The maximum Gasteiger partial charge on any atom is 0.284 e. The highest BCUT2D eigenvalue weighted by atomic mass is 32.2. The summed E-state index contributed by atoms with van der Waals surface area (Å²) in [6, 6.07) is 20.4. The van der Waals surface area contributed by atoms with Crippen molar-refractivity contribution < 1.29 is 13.6 Å². The molecule has 29 heavy (non-hydrogen) atoms. The molecule has 0 aliphatic rings. The van der Waals surface area contributed by atoms with Crippen LogP contribution < -0.4 is 9.62 Å². The first-order valence-corrected chi connectivity index (χ1v) is 11.2. The Kier molecular flexibility index (Phi) is 7.51. The van der Waals surface area contributed by atoms with E-state index in [1.807, 2.05) is 41.1 Å². The molecule has 152 valence electrons. The maximum atomic E-state index is 12.1. The Hall–Kier alpha value is -2.55. The van der Waals surface area contributed by atoms with Gasteiger partial charge in [0, 0.05) is 18.0 Å². The molecule has 0 aliphatic heterocycles. The first-order chi connectivity index (χ1) is 14.0. The normalized spacial score (nSPS) is 11.8. The van der Waals surface area contributed by atoms with Crippen LogP contribution >= 0.6 is 11.3 Å². The van der Waals surface area contributed by atoms with Gasteiger partial charge in [0.05, 0.1) is 0 Å². The quantitative estimate of drug-likeness (QED) is 0.503. The summed E-state index contributed by atoms with van der Waals surface area (Å²) in [6.07, 6.45) is 1.89. The summed E-state index contributed by atoms with van der Waals surface area (Å²) < 4.78 is 21.8. The summed E-state index contributed by atoms with van der Waals surface area (Å²) in [4.78, 5) is 19.5. The maximum absolute atomic E-state index is 12.1. The van der Waals surface area contributed by atoms with E-state index in [4.69, 9.17) is 4.55 Å². The molecule has 1 aromatic heterocycles. The van der Waals surface area contributed by atoms with Gasteiger partial charge in [-0.1, -0.05) is 60.7 Å². The van der Waals surface area contributed by atoms with E-state index in [0.717, 1.165) is 30.1 Å². The molecule has 0 saturated carbocycles. The van der Waals surface area contributed by atoms with E-state index >= 15 is 0 Å². The van der Waals surface area contributed by atoms with Gasteiger partial charge in [-0.05, 0) is 30.9 Å². The Labute approximate surface area is 177 Å². The van der Waals surface area contributed by atoms with E-state index in [-0.39, 0.29) is 5.69 Å². The first-order valence-electron chi connectivity index (χ1n) is 9.25. The lowest BCUT2D eigenvalue weighted by Gasteiger charge is -2.22.